The van der Waals surface area contributed by atoms with E-state index in [9.17, 15) is 18.0 Å². The first-order valence-corrected chi connectivity index (χ1v) is 9.40. The molecule has 0 radical (unpaired) electrons. The molecule has 0 fully saturated rings. The smallest absolute Gasteiger partial charge is 0.339 e. The second-order valence-electron chi connectivity index (χ2n) is 6.36. The molecule has 1 aromatic carbocycles. The first-order valence-electron chi connectivity index (χ1n) is 8.41. The van der Waals surface area contributed by atoms with Crippen molar-refractivity contribution in [3.63, 3.8) is 0 Å². The van der Waals surface area contributed by atoms with Crippen LogP contribution < -0.4 is 0 Å². The molecule has 3 aromatic rings. The minimum Gasteiger partial charge on any atom is -0.339 e. The number of tetrazole rings is 1. The van der Waals surface area contributed by atoms with Crippen LogP contribution in [-0.2, 0) is 6.54 Å². The van der Waals surface area contributed by atoms with Gasteiger partial charge in [0, 0.05) is 17.0 Å². The number of alkyl halides is 3. The molecule has 2 aromatic heterocycles. The molecule has 0 unspecified atom stereocenters. The lowest BCUT2D eigenvalue weighted by Gasteiger charge is -2.12. The van der Waals surface area contributed by atoms with Crippen LogP contribution in [0.15, 0.2) is 35.5 Å². The van der Waals surface area contributed by atoms with E-state index in [2.05, 4.69) is 15.5 Å². The van der Waals surface area contributed by atoms with Crippen LogP contribution in [0, 0.1) is 20.8 Å². The number of aromatic nitrogens is 5. The van der Waals surface area contributed by atoms with Crippen molar-refractivity contribution in [2.75, 3.05) is 5.75 Å². The lowest BCUT2D eigenvalue weighted by Crippen LogP contribution is -2.19. The summed E-state index contributed by atoms with van der Waals surface area (Å²) in [6.45, 7) is 3.89. The third-order valence-corrected chi connectivity index (χ3v) is 5.25. The van der Waals surface area contributed by atoms with E-state index in [1.165, 1.54) is 13.0 Å². The number of carbonyl (C=O) groups excluding carboxylic acids is 1. The fraction of sp³-hybridized carbons (Fsp3) is 0.333. The Balaban J connectivity index is 1.77. The Morgan fingerprint density at radius 1 is 1.18 bits per heavy atom. The molecule has 0 aliphatic heterocycles. The van der Waals surface area contributed by atoms with Gasteiger partial charge in [0.1, 0.15) is 6.54 Å². The molecular formula is C18H18F3N5OS. The van der Waals surface area contributed by atoms with Crippen molar-refractivity contribution >= 4 is 17.5 Å². The van der Waals surface area contributed by atoms with Gasteiger partial charge in [-0.25, -0.2) is 0 Å². The van der Waals surface area contributed by atoms with Gasteiger partial charge >= 0.3 is 6.18 Å². The number of carbonyl (C=O) groups is 1. The molecule has 0 saturated carbocycles. The van der Waals surface area contributed by atoms with Crippen LogP contribution in [0.5, 0.6) is 0 Å². The normalized spacial score (nSPS) is 11.8. The Morgan fingerprint density at radius 2 is 1.89 bits per heavy atom. The average Bonchev–Trinajstić information content (AvgIpc) is 3.19. The van der Waals surface area contributed by atoms with E-state index in [0.29, 0.717) is 16.5 Å². The lowest BCUT2D eigenvalue weighted by molar-refractivity contribution is -0.141. The van der Waals surface area contributed by atoms with Gasteiger partial charge in [-0.3, -0.25) is 4.79 Å². The highest BCUT2D eigenvalue weighted by atomic mass is 32.2. The monoisotopic (exact) mass is 409 g/mol. The fourth-order valence-corrected chi connectivity index (χ4v) is 3.70. The Kier molecular flexibility index (Phi) is 5.59. The van der Waals surface area contributed by atoms with E-state index in [4.69, 9.17) is 0 Å². The number of nitrogens with zero attached hydrogens (tertiary/aromatic N) is 5. The fourth-order valence-electron chi connectivity index (χ4n) is 2.94. The Labute approximate surface area is 163 Å². The second-order valence-corrected chi connectivity index (χ2v) is 7.30. The maximum absolute atomic E-state index is 12.7. The molecule has 2 heterocycles. The van der Waals surface area contributed by atoms with Crippen LogP contribution in [0.1, 0.15) is 27.3 Å². The number of hydrogen-bond donors (Lipinski definition) is 0. The average molecular weight is 409 g/mol. The number of halogens is 3. The minimum atomic E-state index is -4.35. The Morgan fingerprint density at radius 3 is 2.57 bits per heavy atom. The number of benzene rings is 1. The summed E-state index contributed by atoms with van der Waals surface area (Å²) >= 11 is 1.14. The van der Waals surface area contributed by atoms with Crippen LogP contribution in [0.4, 0.5) is 13.2 Å². The summed E-state index contributed by atoms with van der Waals surface area (Å²) in [7, 11) is 0. The van der Waals surface area contributed by atoms with Gasteiger partial charge in [-0.05, 0) is 48.9 Å². The largest absolute Gasteiger partial charge is 0.406 e. The van der Waals surface area contributed by atoms with E-state index in [-0.39, 0.29) is 17.1 Å². The molecule has 0 aliphatic carbocycles. The van der Waals surface area contributed by atoms with Gasteiger partial charge in [-0.2, -0.15) is 17.9 Å². The van der Waals surface area contributed by atoms with Crippen molar-refractivity contribution in [2.45, 2.75) is 38.6 Å². The van der Waals surface area contributed by atoms with E-state index in [1.54, 1.807) is 11.6 Å². The standard InChI is InChI=1S/C18H18F3N5OS/c1-11-6-4-5-7-15(11)26-17(22-23-24-26)28-9-16(27)14-8-12(2)25(13(14)3)10-18(19,20)21/h4-8H,9-10H2,1-3H3. The zero-order valence-corrected chi connectivity index (χ0v) is 16.3. The first kappa shape index (κ1) is 20.1. The van der Waals surface area contributed by atoms with Crippen LogP contribution >= 0.6 is 11.8 Å². The molecule has 3 rings (SSSR count). The summed E-state index contributed by atoms with van der Waals surface area (Å²) in [5.74, 6) is -0.256. The van der Waals surface area contributed by atoms with E-state index < -0.39 is 12.7 Å². The van der Waals surface area contributed by atoms with Crippen LogP contribution in [0.3, 0.4) is 0 Å². The summed E-state index contributed by atoms with van der Waals surface area (Å²) in [6.07, 6.45) is -4.35. The predicted molar refractivity (Wildman–Crippen MR) is 98.9 cm³/mol. The maximum atomic E-state index is 12.7. The molecule has 6 nitrogen and oxygen atoms in total. The lowest BCUT2D eigenvalue weighted by atomic mass is 10.2. The van der Waals surface area contributed by atoms with Crippen LogP contribution in [-0.4, -0.2) is 42.5 Å². The molecule has 0 aliphatic rings. The van der Waals surface area contributed by atoms with Gasteiger partial charge in [0.2, 0.25) is 5.16 Å². The molecule has 0 bridgehead atoms. The zero-order chi connectivity index (χ0) is 20.5. The first-order chi connectivity index (χ1) is 13.2. The summed E-state index contributed by atoms with van der Waals surface area (Å²) in [6, 6.07) is 9.04. The number of ketones is 1. The second kappa shape index (κ2) is 7.78. The van der Waals surface area contributed by atoms with E-state index in [1.807, 2.05) is 31.2 Å². The Hall–Kier alpha value is -2.62. The van der Waals surface area contributed by atoms with Crippen molar-refractivity contribution in [1.82, 2.24) is 24.8 Å². The number of aryl methyl sites for hydroxylation is 2. The van der Waals surface area contributed by atoms with Crippen molar-refractivity contribution in [3.8, 4) is 5.69 Å². The molecule has 28 heavy (non-hydrogen) atoms. The highest BCUT2D eigenvalue weighted by molar-refractivity contribution is 7.99. The molecule has 0 spiro atoms. The quantitative estimate of drug-likeness (QED) is 0.456. The highest BCUT2D eigenvalue weighted by Gasteiger charge is 2.30. The summed E-state index contributed by atoms with van der Waals surface area (Å²) in [5, 5.41) is 12.0. The molecule has 0 amide bonds. The number of Topliss-reactive ketones (excluding diaryl/α,β-unsaturated/α-hetero) is 1. The zero-order valence-electron chi connectivity index (χ0n) is 15.5. The Bertz CT molecular complexity index is 1010. The van der Waals surface area contributed by atoms with Crippen molar-refractivity contribution in [1.29, 1.82) is 0 Å². The van der Waals surface area contributed by atoms with Gasteiger partial charge in [0.05, 0.1) is 11.4 Å². The number of thioether (sulfide) groups is 1. The van der Waals surface area contributed by atoms with E-state index >= 15 is 0 Å². The third kappa shape index (κ3) is 4.27. The van der Waals surface area contributed by atoms with Gasteiger partial charge in [-0.15, -0.1) is 5.10 Å². The summed E-state index contributed by atoms with van der Waals surface area (Å²) in [5.41, 5.74) is 2.75. The number of para-hydroxylation sites is 1. The highest BCUT2D eigenvalue weighted by Crippen LogP contribution is 2.25. The molecule has 0 N–H and O–H groups in total. The number of hydrogen-bond acceptors (Lipinski definition) is 5. The van der Waals surface area contributed by atoms with Gasteiger partial charge in [0.25, 0.3) is 0 Å². The molecule has 0 saturated heterocycles. The van der Waals surface area contributed by atoms with Crippen LogP contribution in [0.2, 0.25) is 0 Å². The molecule has 10 heteroatoms. The maximum Gasteiger partial charge on any atom is 0.406 e. The minimum absolute atomic E-state index is 0.0164. The molecule has 0 atom stereocenters. The predicted octanol–water partition coefficient (Wildman–Crippen LogP) is 3.93. The van der Waals surface area contributed by atoms with Gasteiger partial charge in [0.15, 0.2) is 5.78 Å². The van der Waals surface area contributed by atoms with E-state index in [0.717, 1.165) is 27.6 Å². The molecule has 148 valence electrons. The van der Waals surface area contributed by atoms with Crippen molar-refractivity contribution in [2.24, 2.45) is 0 Å². The summed E-state index contributed by atoms with van der Waals surface area (Å²) in [4.78, 5) is 12.6. The van der Waals surface area contributed by atoms with Gasteiger partial charge in [-0.1, -0.05) is 30.0 Å². The SMILES string of the molecule is Cc1ccccc1-n1nnnc1SCC(=O)c1cc(C)n(CC(F)(F)F)c1C. The van der Waals surface area contributed by atoms with Gasteiger partial charge < -0.3 is 4.57 Å². The number of rotatable bonds is 6. The van der Waals surface area contributed by atoms with Crippen molar-refractivity contribution in [3.05, 3.63) is 52.8 Å². The third-order valence-electron chi connectivity index (χ3n) is 4.33. The topological polar surface area (TPSA) is 65.6 Å². The van der Waals surface area contributed by atoms with Crippen molar-refractivity contribution < 1.29 is 18.0 Å². The van der Waals surface area contributed by atoms with Crippen LogP contribution in [0.25, 0.3) is 5.69 Å². The molecular weight excluding hydrogens is 391 g/mol. The summed E-state index contributed by atoms with van der Waals surface area (Å²) < 4.78 is 40.9.